The van der Waals surface area contributed by atoms with Gasteiger partial charge in [0.25, 0.3) is 0 Å². The number of hydrogen-bond acceptors (Lipinski definition) is 0. The molecule has 0 bridgehead atoms. The minimum atomic E-state index is -0.186. The van der Waals surface area contributed by atoms with Crippen LogP contribution in [0.1, 0.15) is 99.9 Å². The summed E-state index contributed by atoms with van der Waals surface area (Å²) in [7, 11) is 0. The van der Waals surface area contributed by atoms with Gasteiger partial charge in [-0.15, -0.1) is 0 Å². The Labute approximate surface area is 436 Å². The Balaban J connectivity index is 0.917. The van der Waals surface area contributed by atoms with Crippen LogP contribution in [0.5, 0.6) is 0 Å². The largest absolute Gasteiger partial charge is 0.0619 e. The van der Waals surface area contributed by atoms with Gasteiger partial charge in [-0.05, 0) is 191 Å². The Morgan fingerprint density at radius 1 is 0.189 bits per heavy atom. The van der Waals surface area contributed by atoms with Gasteiger partial charge in [0, 0.05) is 21.7 Å². The van der Waals surface area contributed by atoms with E-state index in [1.807, 2.05) is 0 Å². The standard InChI is InChI=1S/C74H58/c1-71(2)62-23-15-12-18-50(62)57-37-44(28-34-64(57)71)45-29-35-66-58(38-45)53-32-27-48(42-68(53)74(66,7)8)69-54-20-9-10-21-55(54)70(47-30-36-65-59(40-47)51-19-13-16-24-63(51)72(65,3)4)60-39-43(26-33-56(60)69)46-25-31-52-49-17-11-14-22-61(49)73(5,6)67(52)41-46/h9-42H,1-8H3. The van der Waals surface area contributed by atoms with Gasteiger partial charge >= 0.3 is 0 Å². The molecule has 0 spiro atoms. The van der Waals surface area contributed by atoms with E-state index in [-0.39, 0.29) is 21.7 Å². The third-order valence-electron chi connectivity index (χ3n) is 18.7. The highest BCUT2D eigenvalue weighted by Crippen LogP contribution is 2.56. The van der Waals surface area contributed by atoms with Crippen molar-refractivity contribution in [2.45, 2.75) is 77.0 Å². The summed E-state index contributed by atoms with van der Waals surface area (Å²) in [5.41, 5.74) is 31.7. The summed E-state index contributed by atoms with van der Waals surface area (Å²) in [5, 5.41) is 5.10. The first-order valence-electron chi connectivity index (χ1n) is 26.7. The predicted octanol–water partition coefficient (Wildman–Crippen LogP) is 19.9. The Hall–Kier alpha value is -8.06. The minimum Gasteiger partial charge on any atom is -0.0619 e. The molecule has 0 fully saturated rings. The van der Waals surface area contributed by atoms with Crippen LogP contribution in [0.25, 0.3) is 111 Å². The van der Waals surface area contributed by atoms with Crippen LogP contribution >= 0.6 is 0 Å². The van der Waals surface area contributed by atoms with E-state index in [2.05, 4.69) is 262 Å². The molecule has 0 radical (unpaired) electrons. The number of benzene rings is 11. The van der Waals surface area contributed by atoms with E-state index in [1.165, 1.54) is 155 Å². The van der Waals surface area contributed by atoms with E-state index < -0.39 is 0 Å². The van der Waals surface area contributed by atoms with Crippen LogP contribution in [0, 0.1) is 0 Å². The quantitative estimate of drug-likeness (QED) is 0.154. The van der Waals surface area contributed by atoms with Gasteiger partial charge in [0.05, 0.1) is 0 Å². The van der Waals surface area contributed by atoms with E-state index >= 15 is 0 Å². The maximum Gasteiger partial charge on any atom is 0.0159 e. The Kier molecular flexibility index (Phi) is 8.70. The molecule has 0 unspecified atom stereocenters. The van der Waals surface area contributed by atoms with Crippen molar-refractivity contribution in [3.8, 4) is 89.0 Å². The van der Waals surface area contributed by atoms with Gasteiger partial charge in [-0.2, -0.15) is 0 Å². The lowest BCUT2D eigenvalue weighted by molar-refractivity contribution is 0.660. The topological polar surface area (TPSA) is 0 Å². The smallest absolute Gasteiger partial charge is 0.0159 e. The fraction of sp³-hybridized carbons (Fsp3) is 0.162. The Bertz CT molecular complexity index is 4300. The Morgan fingerprint density at radius 2 is 0.473 bits per heavy atom. The predicted molar refractivity (Wildman–Crippen MR) is 313 cm³/mol. The molecule has 4 aliphatic carbocycles. The summed E-state index contributed by atoms with van der Waals surface area (Å²) in [6, 6.07) is 79.8. The molecule has 11 aromatic rings. The second-order valence-electron chi connectivity index (χ2n) is 24.0. The number of fused-ring (bicyclic) bond motifs is 14. The van der Waals surface area contributed by atoms with E-state index in [0.29, 0.717) is 0 Å². The zero-order valence-electron chi connectivity index (χ0n) is 43.6. The van der Waals surface area contributed by atoms with Crippen LogP contribution in [0.2, 0.25) is 0 Å². The van der Waals surface area contributed by atoms with Crippen LogP contribution < -0.4 is 0 Å². The van der Waals surface area contributed by atoms with Crippen molar-refractivity contribution in [3.63, 3.8) is 0 Å². The number of rotatable bonds is 4. The Morgan fingerprint density at radius 3 is 1.00 bits per heavy atom. The molecule has 74 heavy (non-hydrogen) atoms. The molecule has 11 aromatic carbocycles. The first-order chi connectivity index (χ1) is 35.7. The summed E-state index contributed by atoms with van der Waals surface area (Å²) < 4.78 is 0. The highest BCUT2D eigenvalue weighted by Gasteiger charge is 2.40. The summed E-state index contributed by atoms with van der Waals surface area (Å²) >= 11 is 0. The van der Waals surface area contributed by atoms with Crippen molar-refractivity contribution in [3.05, 3.63) is 251 Å². The van der Waals surface area contributed by atoms with Crippen LogP contribution in [0.15, 0.2) is 206 Å². The third-order valence-corrected chi connectivity index (χ3v) is 18.7. The molecule has 0 aliphatic heterocycles. The second kappa shape index (κ2) is 14.8. The number of hydrogen-bond donors (Lipinski definition) is 0. The lowest BCUT2D eigenvalue weighted by Gasteiger charge is -2.24. The van der Waals surface area contributed by atoms with E-state index in [4.69, 9.17) is 0 Å². The fourth-order valence-electron chi connectivity index (χ4n) is 14.7. The highest BCUT2D eigenvalue weighted by atomic mass is 14.4. The van der Waals surface area contributed by atoms with Gasteiger partial charge in [-0.25, -0.2) is 0 Å². The molecule has 0 nitrogen and oxygen atoms in total. The van der Waals surface area contributed by atoms with Gasteiger partial charge in [0.2, 0.25) is 0 Å². The van der Waals surface area contributed by atoms with Crippen molar-refractivity contribution in [2.24, 2.45) is 0 Å². The second-order valence-corrected chi connectivity index (χ2v) is 24.0. The van der Waals surface area contributed by atoms with Crippen molar-refractivity contribution in [1.82, 2.24) is 0 Å². The van der Waals surface area contributed by atoms with Gasteiger partial charge in [0.15, 0.2) is 0 Å². The van der Waals surface area contributed by atoms with E-state index in [1.54, 1.807) is 0 Å². The van der Waals surface area contributed by atoms with Crippen molar-refractivity contribution >= 4 is 21.5 Å². The van der Waals surface area contributed by atoms with Crippen molar-refractivity contribution in [1.29, 1.82) is 0 Å². The normalized spacial score (nSPS) is 16.0. The van der Waals surface area contributed by atoms with Gasteiger partial charge in [0.1, 0.15) is 0 Å². The molecule has 0 atom stereocenters. The summed E-state index contributed by atoms with van der Waals surface area (Å²) in [6.45, 7) is 19.1. The van der Waals surface area contributed by atoms with E-state index in [9.17, 15) is 0 Å². The molecule has 0 aromatic heterocycles. The summed E-state index contributed by atoms with van der Waals surface area (Å²) in [5.74, 6) is 0. The fourth-order valence-corrected chi connectivity index (χ4v) is 14.7. The van der Waals surface area contributed by atoms with Crippen LogP contribution in [-0.4, -0.2) is 0 Å². The zero-order valence-corrected chi connectivity index (χ0v) is 43.6. The maximum absolute atomic E-state index is 2.53. The molecule has 0 saturated heterocycles. The van der Waals surface area contributed by atoms with Crippen LogP contribution in [0.4, 0.5) is 0 Å². The molecular formula is C74H58. The molecule has 0 heteroatoms. The van der Waals surface area contributed by atoms with Crippen LogP contribution in [0.3, 0.4) is 0 Å². The zero-order chi connectivity index (χ0) is 50.2. The van der Waals surface area contributed by atoms with Gasteiger partial charge in [-0.1, -0.05) is 225 Å². The molecule has 0 amide bonds. The molecule has 4 aliphatic rings. The maximum atomic E-state index is 2.53. The van der Waals surface area contributed by atoms with Gasteiger partial charge < -0.3 is 0 Å². The average molecular weight is 947 g/mol. The van der Waals surface area contributed by atoms with Crippen LogP contribution in [-0.2, 0) is 21.7 Å². The first-order valence-corrected chi connectivity index (χ1v) is 26.7. The molecular weight excluding hydrogens is 889 g/mol. The lowest BCUT2D eigenvalue weighted by atomic mass is 9.79. The molecule has 0 saturated carbocycles. The monoisotopic (exact) mass is 946 g/mol. The summed E-state index contributed by atoms with van der Waals surface area (Å²) in [6.07, 6.45) is 0. The molecule has 354 valence electrons. The average Bonchev–Trinajstić information content (AvgIpc) is 4.00. The molecule has 0 N–H and O–H groups in total. The first kappa shape index (κ1) is 43.5. The van der Waals surface area contributed by atoms with E-state index in [0.717, 1.165) is 0 Å². The summed E-state index contributed by atoms with van der Waals surface area (Å²) in [4.78, 5) is 0. The van der Waals surface area contributed by atoms with Gasteiger partial charge in [-0.3, -0.25) is 0 Å². The van der Waals surface area contributed by atoms with Crippen molar-refractivity contribution in [2.75, 3.05) is 0 Å². The highest BCUT2D eigenvalue weighted by molar-refractivity contribution is 6.22. The molecule has 15 rings (SSSR count). The third kappa shape index (κ3) is 5.75. The lowest BCUT2D eigenvalue weighted by Crippen LogP contribution is -2.15. The molecule has 0 heterocycles. The SMILES string of the molecule is CC1(C)c2ccccc2-c2cc(-c3ccc4c(c3)-c3ccc(-c5c6ccccc6c(-c6ccc7c(c6)-c6ccccc6C7(C)C)c6cc(-c7ccc8c(c7)C(C)(C)c7ccccc7-8)ccc56)cc3C4(C)C)ccc21. The van der Waals surface area contributed by atoms with Crippen molar-refractivity contribution < 1.29 is 0 Å². The minimum absolute atomic E-state index is 0.0125.